The number of hydrogen-bond acceptors (Lipinski definition) is 5. The summed E-state index contributed by atoms with van der Waals surface area (Å²) in [6, 6.07) is -0.553. The third-order valence-electron chi connectivity index (χ3n) is 11.9. The molecule has 60 heavy (non-hydrogen) atoms. The summed E-state index contributed by atoms with van der Waals surface area (Å²) in [6.45, 7) is 4.86. The number of allylic oxidation sites excluding steroid dienone is 6. The molecule has 1 amide bonds. The molecular weight excluding hydrogens is 743 g/mol. The van der Waals surface area contributed by atoms with E-state index in [1.54, 1.807) is 0 Å². The second-order valence-electron chi connectivity index (χ2n) is 17.8. The predicted molar refractivity (Wildman–Crippen MR) is 259 cm³/mol. The van der Waals surface area contributed by atoms with Crippen LogP contribution in [0.4, 0.5) is 0 Å². The van der Waals surface area contributed by atoms with Gasteiger partial charge in [0.15, 0.2) is 0 Å². The molecule has 0 spiro atoms. The molecular formula is C54H101NO5. The minimum Gasteiger partial charge on any atom is -0.466 e. The van der Waals surface area contributed by atoms with Crippen molar-refractivity contribution in [1.29, 1.82) is 0 Å². The van der Waals surface area contributed by atoms with Crippen molar-refractivity contribution in [3.05, 3.63) is 36.5 Å². The van der Waals surface area contributed by atoms with Crippen LogP contribution in [-0.2, 0) is 14.3 Å². The van der Waals surface area contributed by atoms with E-state index in [1.165, 1.54) is 154 Å². The molecule has 0 aromatic carbocycles. The van der Waals surface area contributed by atoms with Crippen molar-refractivity contribution in [1.82, 2.24) is 5.32 Å². The molecule has 2 unspecified atom stereocenters. The van der Waals surface area contributed by atoms with Gasteiger partial charge in [-0.3, -0.25) is 9.59 Å². The van der Waals surface area contributed by atoms with E-state index >= 15 is 0 Å². The summed E-state index contributed by atoms with van der Waals surface area (Å²) < 4.78 is 5.44. The van der Waals surface area contributed by atoms with Gasteiger partial charge >= 0.3 is 5.97 Å². The Labute approximate surface area is 373 Å². The number of nitrogens with one attached hydrogen (secondary N) is 1. The van der Waals surface area contributed by atoms with Gasteiger partial charge in [-0.25, -0.2) is 0 Å². The number of ether oxygens (including phenoxy) is 1. The van der Waals surface area contributed by atoms with Crippen LogP contribution in [0.15, 0.2) is 36.5 Å². The van der Waals surface area contributed by atoms with Crippen molar-refractivity contribution in [3.63, 3.8) is 0 Å². The highest BCUT2D eigenvalue weighted by Gasteiger charge is 2.20. The molecule has 6 heteroatoms. The van der Waals surface area contributed by atoms with Crippen LogP contribution in [-0.4, -0.2) is 47.4 Å². The first-order valence-corrected chi connectivity index (χ1v) is 26.2. The number of rotatable bonds is 48. The Morgan fingerprint density at radius 2 is 0.850 bits per heavy atom. The molecule has 0 aromatic heterocycles. The maximum absolute atomic E-state index is 12.4. The lowest BCUT2D eigenvalue weighted by Gasteiger charge is -2.22. The van der Waals surface area contributed by atoms with Crippen LogP contribution in [0.5, 0.6) is 0 Å². The zero-order valence-electron chi connectivity index (χ0n) is 39.9. The first kappa shape index (κ1) is 58.1. The van der Waals surface area contributed by atoms with Gasteiger partial charge in [0.2, 0.25) is 5.91 Å². The monoisotopic (exact) mass is 844 g/mol. The molecule has 3 N–H and O–H groups in total. The van der Waals surface area contributed by atoms with Gasteiger partial charge < -0.3 is 20.3 Å². The number of esters is 1. The first-order chi connectivity index (χ1) is 29.5. The number of carbonyl (C=O) groups is 2. The van der Waals surface area contributed by atoms with Crippen molar-refractivity contribution >= 4 is 11.9 Å². The summed E-state index contributed by atoms with van der Waals surface area (Å²) in [5.41, 5.74) is 0. The molecule has 0 rings (SSSR count). The van der Waals surface area contributed by atoms with Gasteiger partial charge in [-0.2, -0.15) is 0 Å². The molecule has 0 heterocycles. The Morgan fingerprint density at radius 3 is 1.33 bits per heavy atom. The third kappa shape index (κ3) is 45.6. The minimum atomic E-state index is -0.674. The average Bonchev–Trinajstić information content (AvgIpc) is 3.25. The summed E-state index contributed by atoms with van der Waals surface area (Å²) in [5.74, 6) is -0.0763. The highest BCUT2D eigenvalue weighted by Crippen LogP contribution is 2.16. The molecule has 0 aliphatic heterocycles. The number of carbonyl (C=O) groups excluding carboxylic acids is 2. The zero-order valence-corrected chi connectivity index (χ0v) is 39.9. The van der Waals surface area contributed by atoms with Crippen LogP contribution in [0.1, 0.15) is 271 Å². The van der Waals surface area contributed by atoms with E-state index in [4.69, 9.17) is 4.74 Å². The summed E-state index contributed by atoms with van der Waals surface area (Å²) in [7, 11) is 0. The lowest BCUT2D eigenvalue weighted by molar-refractivity contribution is -0.143. The van der Waals surface area contributed by atoms with Crippen LogP contribution >= 0.6 is 0 Å². The fourth-order valence-corrected chi connectivity index (χ4v) is 7.83. The van der Waals surface area contributed by atoms with Crippen molar-refractivity contribution in [2.75, 3.05) is 13.2 Å². The van der Waals surface area contributed by atoms with E-state index in [0.717, 1.165) is 83.5 Å². The number of amides is 1. The Morgan fingerprint density at radius 1 is 0.467 bits per heavy atom. The topological polar surface area (TPSA) is 95.9 Å². The predicted octanol–water partition coefficient (Wildman–Crippen LogP) is 15.7. The summed E-state index contributed by atoms with van der Waals surface area (Å²) in [4.78, 5) is 24.4. The largest absolute Gasteiger partial charge is 0.466 e. The molecule has 2 atom stereocenters. The van der Waals surface area contributed by atoms with Crippen LogP contribution in [0, 0.1) is 0 Å². The smallest absolute Gasteiger partial charge is 0.305 e. The average molecular weight is 844 g/mol. The summed E-state index contributed by atoms with van der Waals surface area (Å²) >= 11 is 0. The van der Waals surface area contributed by atoms with Gasteiger partial charge in [0.25, 0.3) is 0 Å². The van der Waals surface area contributed by atoms with Gasteiger partial charge in [-0.05, 0) is 77.0 Å². The van der Waals surface area contributed by atoms with E-state index in [1.807, 2.05) is 0 Å². The molecule has 0 aliphatic rings. The fraction of sp³-hybridized carbons (Fsp3) is 0.852. The summed E-state index contributed by atoms with van der Waals surface area (Å²) in [6.07, 6.45) is 59.7. The van der Waals surface area contributed by atoms with Crippen LogP contribution < -0.4 is 5.32 Å². The maximum atomic E-state index is 12.4. The number of hydrogen-bond donors (Lipinski definition) is 3. The van der Waals surface area contributed by atoms with Crippen LogP contribution in [0.25, 0.3) is 0 Å². The van der Waals surface area contributed by atoms with Crippen molar-refractivity contribution in [3.8, 4) is 0 Å². The lowest BCUT2D eigenvalue weighted by Crippen LogP contribution is -2.45. The normalized spacial score (nSPS) is 12.9. The number of unbranched alkanes of at least 4 members (excludes halogenated alkanes) is 31. The molecule has 0 radical (unpaired) electrons. The SMILES string of the molecule is CCCC/C=C\C/C=C\CCCCCCCC(=O)OCCCCCC/C=C\CCCCCCCCCC(=O)NC(CO)C(O)CCCCCCCCCCCCCCCC. The highest BCUT2D eigenvalue weighted by atomic mass is 16.5. The van der Waals surface area contributed by atoms with E-state index < -0.39 is 12.1 Å². The van der Waals surface area contributed by atoms with Gasteiger partial charge in [0, 0.05) is 12.8 Å². The third-order valence-corrected chi connectivity index (χ3v) is 11.9. The Balaban J connectivity index is 3.49. The van der Waals surface area contributed by atoms with Gasteiger partial charge in [-0.1, -0.05) is 217 Å². The van der Waals surface area contributed by atoms with E-state index in [9.17, 15) is 19.8 Å². The van der Waals surface area contributed by atoms with Crippen molar-refractivity contribution in [2.45, 2.75) is 283 Å². The molecule has 0 fully saturated rings. The fourth-order valence-electron chi connectivity index (χ4n) is 7.83. The quantitative estimate of drug-likeness (QED) is 0.0322. The minimum absolute atomic E-state index is 0.0251. The zero-order chi connectivity index (χ0) is 43.7. The second kappa shape index (κ2) is 49.7. The Hall–Kier alpha value is -1.92. The Kier molecular flexibility index (Phi) is 48.1. The molecule has 0 aromatic rings. The molecule has 352 valence electrons. The lowest BCUT2D eigenvalue weighted by atomic mass is 10.0. The van der Waals surface area contributed by atoms with Crippen molar-refractivity contribution < 1.29 is 24.5 Å². The maximum Gasteiger partial charge on any atom is 0.305 e. The van der Waals surface area contributed by atoms with Crippen LogP contribution in [0.2, 0.25) is 0 Å². The number of aliphatic hydroxyl groups excluding tert-OH is 2. The summed E-state index contributed by atoms with van der Waals surface area (Å²) in [5, 5.41) is 23.2. The van der Waals surface area contributed by atoms with Gasteiger partial charge in [0.05, 0.1) is 25.4 Å². The van der Waals surface area contributed by atoms with Gasteiger partial charge in [0.1, 0.15) is 0 Å². The van der Waals surface area contributed by atoms with Crippen LogP contribution in [0.3, 0.4) is 0 Å². The molecule has 0 aliphatic carbocycles. The van der Waals surface area contributed by atoms with E-state index in [0.29, 0.717) is 25.9 Å². The molecule has 0 saturated carbocycles. The van der Waals surface area contributed by atoms with E-state index in [2.05, 4.69) is 55.6 Å². The van der Waals surface area contributed by atoms with Gasteiger partial charge in [-0.15, -0.1) is 0 Å². The highest BCUT2D eigenvalue weighted by molar-refractivity contribution is 5.76. The second-order valence-corrected chi connectivity index (χ2v) is 17.8. The Bertz CT molecular complexity index is 977. The van der Waals surface area contributed by atoms with E-state index in [-0.39, 0.29) is 18.5 Å². The standard InChI is InChI=1S/C54H101NO5/c1-3-5-7-9-11-13-15-17-22-26-30-34-38-42-46-52(57)51(50-56)55-53(58)47-43-39-35-31-27-23-20-19-21-25-29-33-37-41-45-49-60-54(59)48-44-40-36-32-28-24-18-16-14-12-10-8-6-4-2/h10,12,16,18,21,25,51-52,56-57H,3-9,11,13-15,17,19-20,22-24,26-50H2,1-2H3,(H,55,58)/b12-10-,18-16-,25-21-. The molecule has 0 bridgehead atoms. The first-order valence-electron chi connectivity index (χ1n) is 26.2. The molecule has 0 saturated heterocycles. The molecule has 6 nitrogen and oxygen atoms in total. The van der Waals surface area contributed by atoms with Crippen molar-refractivity contribution in [2.24, 2.45) is 0 Å². The number of aliphatic hydroxyl groups is 2.